The van der Waals surface area contributed by atoms with E-state index < -0.39 is 21.2 Å². The van der Waals surface area contributed by atoms with Crippen molar-refractivity contribution in [1.82, 2.24) is 0 Å². The normalized spacial score (nSPS) is 14.1. The standard InChI is InChI=1S/C6H9N2O4P/c1-3-10-13(9,11-5-4-7)12-6-8-2/h3,5-6H2,1H3. The molecule has 0 aliphatic carbocycles. The van der Waals surface area contributed by atoms with Gasteiger partial charge >= 0.3 is 14.6 Å². The highest BCUT2D eigenvalue weighted by atomic mass is 31.2. The molecule has 1 atom stereocenters. The molecule has 0 spiro atoms. The molecule has 0 aliphatic heterocycles. The molecule has 6 nitrogen and oxygen atoms in total. The van der Waals surface area contributed by atoms with E-state index in [2.05, 4.69) is 18.4 Å². The van der Waals surface area contributed by atoms with Gasteiger partial charge in [-0.05, 0) is 6.92 Å². The Bertz CT molecular complexity index is 245. The van der Waals surface area contributed by atoms with Gasteiger partial charge in [0, 0.05) is 0 Å². The van der Waals surface area contributed by atoms with Crippen molar-refractivity contribution in [2.75, 3.05) is 19.9 Å². The van der Waals surface area contributed by atoms with Crippen LogP contribution in [0.4, 0.5) is 0 Å². The fraction of sp³-hybridized carbons (Fsp3) is 0.667. The Hall–Kier alpha value is -0.910. The van der Waals surface area contributed by atoms with Gasteiger partial charge in [-0.1, -0.05) is 0 Å². The van der Waals surface area contributed by atoms with Crippen LogP contribution < -0.4 is 0 Å². The highest BCUT2D eigenvalue weighted by molar-refractivity contribution is 7.48. The Kier molecular flexibility index (Phi) is 6.13. The number of hydrogen-bond donors (Lipinski definition) is 0. The second kappa shape index (κ2) is 6.59. The van der Waals surface area contributed by atoms with Crippen molar-refractivity contribution in [3.8, 4) is 6.07 Å². The summed E-state index contributed by atoms with van der Waals surface area (Å²) in [7, 11) is -3.69. The maximum absolute atomic E-state index is 11.4. The van der Waals surface area contributed by atoms with E-state index in [1.807, 2.05) is 0 Å². The lowest BCUT2D eigenvalue weighted by molar-refractivity contribution is 0.137. The first-order valence-electron chi connectivity index (χ1n) is 3.42. The van der Waals surface area contributed by atoms with Gasteiger partial charge in [0.15, 0.2) is 0 Å². The molecule has 0 fully saturated rings. The van der Waals surface area contributed by atoms with Gasteiger partial charge in [0.2, 0.25) is 0 Å². The van der Waals surface area contributed by atoms with Crippen molar-refractivity contribution in [3.63, 3.8) is 0 Å². The van der Waals surface area contributed by atoms with Crippen LogP contribution >= 0.6 is 7.82 Å². The molecule has 0 heterocycles. The minimum atomic E-state index is -3.69. The van der Waals surface area contributed by atoms with Crippen LogP contribution in [-0.4, -0.2) is 19.9 Å². The van der Waals surface area contributed by atoms with Crippen LogP contribution in [-0.2, 0) is 18.1 Å². The third kappa shape index (κ3) is 5.35. The summed E-state index contributed by atoms with van der Waals surface area (Å²) in [6.45, 7) is 7.31. The second-order valence-corrected chi connectivity index (χ2v) is 3.38. The van der Waals surface area contributed by atoms with E-state index in [4.69, 9.17) is 11.8 Å². The maximum atomic E-state index is 11.4. The van der Waals surface area contributed by atoms with Gasteiger partial charge in [-0.3, -0.25) is 13.9 Å². The van der Waals surface area contributed by atoms with E-state index >= 15 is 0 Å². The Morgan fingerprint density at radius 1 is 1.54 bits per heavy atom. The summed E-state index contributed by atoms with van der Waals surface area (Å²) in [5, 5.41) is 8.16. The monoisotopic (exact) mass is 204 g/mol. The van der Waals surface area contributed by atoms with Crippen LogP contribution in [0.15, 0.2) is 0 Å². The van der Waals surface area contributed by atoms with Crippen molar-refractivity contribution in [3.05, 3.63) is 11.4 Å². The topological polar surface area (TPSA) is 72.9 Å². The lowest BCUT2D eigenvalue weighted by Gasteiger charge is -2.11. The SMILES string of the molecule is [C-]#[N+]COP(=O)(OCC)OCC#N. The average molecular weight is 204 g/mol. The second-order valence-electron chi connectivity index (χ2n) is 1.71. The van der Waals surface area contributed by atoms with Gasteiger partial charge in [0.05, 0.1) is 12.7 Å². The van der Waals surface area contributed by atoms with Crippen LogP contribution in [0, 0.1) is 17.9 Å². The fourth-order valence-corrected chi connectivity index (χ4v) is 1.43. The zero-order chi connectivity index (χ0) is 10.2. The predicted octanol–water partition coefficient (Wildman–Crippen LogP) is 1.56. The summed E-state index contributed by atoms with van der Waals surface area (Å²) in [6.07, 6.45) is 0. The summed E-state index contributed by atoms with van der Waals surface area (Å²) in [6, 6.07) is 1.63. The van der Waals surface area contributed by atoms with Crippen LogP contribution in [0.3, 0.4) is 0 Å². The molecule has 0 bridgehead atoms. The molecular weight excluding hydrogens is 195 g/mol. The maximum Gasteiger partial charge on any atom is 0.481 e. The first kappa shape index (κ1) is 12.1. The molecule has 0 aromatic carbocycles. The van der Waals surface area contributed by atoms with E-state index in [9.17, 15) is 4.57 Å². The lowest BCUT2D eigenvalue weighted by Crippen LogP contribution is -2.00. The molecule has 0 saturated heterocycles. The smallest absolute Gasteiger partial charge is 0.287 e. The van der Waals surface area contributed by atoms with Crippen molar-refractivity contribution < 1.29 is 18.1 Å². The van der Waals surface area contributed by atoms with Gasteiger partial charge in [-0.15, -0.1) is 0 Å². The number of nitrogens with zero attached hydrogens (tertiary/aromatic N) is 2. The van der Waals surface area contributed by atoms with Crippen LogP contribution in [0.2, 0.25) is 0 Å². The zero-order valence-corrected chi connectivity index (χ0v) is 7.99. The van der Waals surface area contributed by atoms with Crippen molar-refractivity contribution in [1.29, 1.82) is 5.26 Å². The minimum Gasteiger partial charge on any atom is -0.287 e. The van der Waals surface area contributed by atoms with E-state index in [0.717, 1.165) is 0 Å². The van der Waals surface area contributed by atoms with Gasteiger partial charge < -0.3 is 0 Å². The Morgan fingerprint density at radius 3 is 2.69 bits per heavy atom. The van der Waals surface area contributed by atoms with E-state index in [1.165, 1.54) is 0 Å². The summed E-state index contributed by atoms with van der Waals surface area (Å²) < 4.78 is 25.1. The summed E-state index contributed by atoms with van der Waals surface area (Å²) in [5.41, 5.74) is 0. The number of rotatable bonds is 6. The first-order chi connectivity index (χ1) is 6.18. The fourth-order valence-electron chi connectivity index (χ4n) is 0.477. The third-order valence-electron chi connectivity index (χ3n) is 0.855. The highest BCUT2D eigenvalue weighted by Gasteiger charge is 2.27. The number of nitriles is 1. The van der Waals surface area contributed by atoms with Gasteiger partial charge in [0.25, 0.3) is 0 Å². The molecule has 0 aliphatic rings. The molecule has 1 unspecified atom stereocenters. The van der Waals surface area contributed by atoms with Crippen LogP contribution in [0.25, 0.3) is 4.85 Å². The Morgan fingerprint density at radius 2 is 2.23 bits per heavy atom. The molecule has 0 aromatic rings. The predicted molar refractivity (Wildman–Crippen MR) is 43.4 cm³/mol. The molecule has 0 amide bonds. The van der Waals surface area contributed by atoms with Crippen LogP contribution in [0.1, 0.15) is 6.92 Å². The van der Waals surface area contributed by atoms with Gasteiger partial charge in [-0.25, -0.2) is 15.7 Å². The molecular formula is C6H9N2O4P. The quantitative estimate of drug-likeness (QED) is 0.485. The lowest BCUT2D eigenvalue weighted by atomic mass is 10.9. The van der Waals surface area contributed by atoms with Crippen molar-refractivity contribution in [2.45, 2.75) is 6.92 Å². The van der Waals surface area contributed by atoms with Crippen molar-refractivity contribution >= 4 is 7.82 Å². The first-order valence-corrected chi connectivity index (χ1v) is 4.88. The van der Waals surface area contributed by atoms with E-state index in [1.54, 1.807) is 13.0 Å². The van der Waals surface area contributed by atoms with Crippen LogP contribution in [0.5, 0.6) is 0 Å². The average Bonchev–Trinajstić information content (AvgIpc) is 2.12. The number of hydrogen-bond acceptors (Lipinski definition) is 5. The molecule has 0 radical (unpaired) electrons. The van der Waals surface area contributed by atoms with E-state index in [-0.39, 0.29) is 6.61 Å². The largest absolute Gasteiger partial charge is 0.481 e. The highest BCUT2D eigenvalue weighted by Crippen LogP contribution is 2.48. The van der Waals surface area contributed by atoms with Gasteiger partial charge in [0.1, 0.15) is 6.61 Å². The molecule has 0 N–H and O–H groups in total. The molecule has 0 rings (SSSR count). The summed E-state index contributed by atoms with van der Waals surface area (Å²) >= 11 is 0. The molecule has 0 saturated carbocycles. The summed E-state index contributed by atoms with van der Waals surface area (Å²) in [4.78, 5) is 2.82. The third-order valence-corrected chi connectivity index (χ3v) is 2.31. The Labute approximate surface area is 76.4 Å². The molecule has 13 heavy (non-hydrogen) atoms. The summed E-state index contributed by atoms with van der Waals surface area (Å²) in [5.74, 6) is 0. The van der Waals surface area contributed by atoms with Crippen molar-refractivity contribution in [2.24, 2.45) is 0 Å². The molecule has 7 heteroatoms. The number of phosphoric acid groups is 1. The zero-order valence-electron chi connectivity index (χ0n) is 7.10. The molecule has 72 valence electrons. The van der Waals surface area contributed by atoms with E-state index in [0.29, 0.717) is 0 Å². The minimum absolute atomic E-state index is 0.126. The number of phosphoric ester groups is 1. The Balaban J connectivity index is 4.11. The molecule has 0 aromatic heterocycles. The van der Waals surface area contributed by atoms with Gasteiger partial charge in [-0.2, -0.15) is 5.26 Å².